The Morgan fingerprint density at radius 2 is 1.80 bits per heavy atom. The van der Waals surface area contributed by atoms with Gasteiger partial charge in [0, 0.05) is 54.3 Å². The van der Waals surface area contributed by atoms with E-state index in [0.29, 0.717) is 28.8 Å². The van der Waals surface area contributed by atoms with Gasteiger partial charge in [-0.3, -0.25) is 4.98 Å². The average Bonchev–Trinajstić information content (AvgIpc) is 3.50. The number of halogens is 1. The summed E-state index contributed by atoms with van der Waals surface area (Å²) in [7, 11) is 0. The van der Waals surface area contributed by atoms with E-state index in [4.69, 9.17) is 26.1 Å². The first-order valence-corrected chi connectivity index (χ1v) is 15.6. The number of hydrogen-bond acceptors (Lipinski definition) is 6. The zero-order valence-corrected chi connectivity index (χ0v) is 24.7. The lowest BCUT2D eigenvalue weighted by atomic mass is 9.75. The van der Waals surface area contributed by atoms with Crippen LogP contribution in [-0.4, -0.2) is 36.0 Å². The summed E-state index contributed by atoms with van der Waals surface area (Å²) >= 11 is 6.14. The van der Waals surface area contributed by atoms with Crippen LogP contribution in [0.2, 0.25) is 5.02 Å². The number of nitrogens with one attached hydrogen (secondary N) is 2. The zero-order valence-electron chi connectivity index (χ0n) is 23.9. The standard InChI is InChI=1S/C34H40ClN3O3/c1-22(2)23-10-12-34(26-6-4-3-5-7-26)32(18-23)39-33(40-41-34)20-24-16-28(17-25(24)21-33)36-14-15-38-30-11-13-37-31-19-27(35)8-9-29(30)31/h3-9,11,13,18-19,22,24-25,28,32,36H,10,12,14-17,20-21H2,1-2H3,(H,37,38). The van der Waals surface area contributed by atoms with Crippen LogP contribution in [0.1, 0.15) is 57.9 Å². The molecule has 0 bridgehead atoms. The third kappa shape index (κ3) is 5.19. The van der Waals surface area contributed by atoms with Gasteiger partial charge in [0.15, 0.2) is 5.60 Å². The van der Waals surface area contributed by atoms with Crippen molar-refractivity contribution < 1.29 is 14.5 Å². The van der Waals surface area contributed by atoms with Gasteiger partial charge in [0.05, 0.1) is 5.52 Å². The van der Waals surface area contributed by atoms with Crippen LogP contribution in [0.15, 0.2) is 72.4 Å². The highest BCUT2D eigenvalue weighted by Crippen LogP contribution is 2.56. The molecule has 2 aromatic carbocycles. The van der Waals surface area contributed by atoms with Crippen LogP contribution in [0, 0.1) is 17.8 Å². The molecule has 1 aliphatic heterocycles. The number of ether oxygens (including phenoxy) is 1. The Balaban J connectivity index is 0.961. The molecule has 3 aromatic rings. The molecule has 1 saturated heterocycles. The Hall–Kier alpha value is -2.48. The van der Waals surface area contributed by atoms with Gasteiger partial charge in [-0.2, -0.15) is 4.89 Å². The van der Waals surface area contributed by atoms with Gasteiger partial charge in [-0.15, -0.1) is 0 Å². The molecule has 0 amide bonds. The Morgan fingerprint density at radius 1 is 1.00 bits per heavy atom. The van der Waals surface area contributed by atoms with Gasteiger partial charge in [0.25, 0.3) is 0 Å². The molecular weight excluding hydrogens is 534 g/mol. The number of hydrogen-bond donors (Lipinski definition) is 2. The van der Waals surface area contributed by atoms with Gasteiger partial charge in [-0.25, -0.2) is 4.89 Å². The lowest BCUT2D eigenvalue weighted by Crippen LogP contribution is -2.56. The fourth-order valence-electron chi connectivity index (χ4n) is 7.74. The SMILES string of the molecule is CC(C)C1=CC2OC3(CC4CC(NCCNc5ccnc6cc(Cl)ccc56)CC4C3)OOC2(c2ccccc2)CC1. The predicted octanol–water partition coefficient (Wildman–Crippen LogP) is 7.39. The van der Waals surface area contributed by atoms with Crippen LogP contribution in [0.4, 0.5) is 5.69 Å². The molecule has 7 heteroatoms. The zero-order chi connectivity index (χ0) is 28.0. The van der Waals surface area contributed by atoms with Crippen molar-refractivity contribution in [1.82, 2.24) is 10.3 Å². The van der Waals surface area contributed by atoms with E-state index in [1.54, 1.807) is 0 Å². The van der Waals surface area contributed by atoms with Crippen molar-refractivity contribution in [3.8, 4) is 0 Å². The fourth-order valence-corrected chi connectivity index (χ4v) is 7.90. The number of benzene rings is 2. The number of rotatable bonds is 7. The van der Waals surface area contributed by atoms with Crippen molar-refractivity contribution in [2.45, 2.75) is 75.9 Å². The second-order valence-corrected chi connectivity index (χ2v) is 13.2. The maximum atomic E-state index is 6.97. The summed E-state index contributed by atoms with van der Waals surface area (Å²) in [6.45, 7) is 6.31. The van der Waals surface area contributed by atoms with E-state index in [9.17, 15) is 0 Å². The van der Waals surface area contributed by atoms with Gasteiger partial charge in [-0.1, -0.05) is 67.4 Å². The van der Waals surface area contributed by atoms with Gasteiger partial charge in [0.2, 0.25) is 5.79 Å². The molecule has 0 radical (unpaired) electrons. The maximum absolute atomic E-state index is 6.97. The lowest BCUT2D eigenvalue weighted by Gasteiger charge is -2.50. The molecule has 3 fully saturated rings. The van der Waals surface area contributed by atoms with Crippen LogP contribution in [0.3, 0.4) is 0 Å². The first-order chi connectivity index (χ1) is 19.9. The first-order valence-electron chi connectivity index (χ1n) is 15.3. The van der Waals surface area contributed by atoms with E-state index in [1.165, 1.54) is 5.57 Å². The average molecular weight is 574 g/mol. The predicted molar refractivity (Wildman–Crippen MR) is 163 cm³/mol. The maximum Gasteiger partial charge on any atom is 0.202 e. The number of allylic oxidation sites excluding steroid dienone is 1. The van der Waals surface area contributed by atoms with E-state index in [0.717, 1.165) is 73.8 Å². The molecule has 4 unspecified atom stereocenters. The summed E-state index contributed by atoms with van der Waals surface area (Å²) in [5.41, 5.74) is 4.02. The van der Waals surface area contributed by atoms with Gasteiger partial charge in [-0.05, 0) is 73.3 Å². The smallest absolute Gasteiger partial charge is 0.202 e. The molecule has 2 N–H and O–H groups in total. The number of nitrogens with zero attached hydrogens (tertiary/aromatic N) is 1. The largest absolute Gasteiger partial charge is 0.383 e. The quantitative estimate of drug-likeness (QED) is 0.174. The molecule has 216 valence electrons. The Labute approximate surface area is 247 Å². The molecule has 41 heavy (non-hydrogen) atoms. The number of aromatic nitrogens is 1. The Bertz CT molecular complexity index is 1420. The monoisotopic (exact) mass is 573 g/mol. The molecule has 2 saturated carbocycles. The minimum absolute atomic E-state index is 0.135. The van der Waals surface area contributed by atoms with E-state index in [-0.39, 0.29) is 6.10 Å². The van der Waals surface area contributed by atoms with Crippen molar-refractivity contribution >= 4 is 28.2 Å². The highest BCUT2D eigenvalue weighted by molar-refractivity contribution is 6.31. The van der Waals surface area contributed by atoms with Crippen LogP contribution in [0.25, 0.3) is 10.9 Å². The number of anilines is 1. The Morgan fingerprint density at radius 3 is 2.59 bits per heavy atom. The minimum Gasteiger partial charge on any atom is -0.383 e. The normalized spacial score (nSPS) is 32.7. The molecular formula is C34H40ClN3O3. The second kappa shape index (κ2) is 11.0. The first kappa shape index (κ1) is 27.4. The molecule has 1 aromatic heterocycles. The van der Waals surface area contributed by atoms with Crippen molar-refractivity contribution in [3.63, 3.8) is 0 Å². The number of pyridine rings is 1. The van der Waals surface area contributed by atoms with Crippen LogP contribution < -0.4 is 10.6 Å². The third-order valence-electron chi connectivity index (χ3n) is 9.86. The summed E-state index contributed by atoms with van der Waals surface area (Å²) < 4.78 is 6.97. The Kier molecular flexibility index (Phi) is 7.32. The number of fused-ring (bicyclic) bond motifs is 3. The van der Waals surface area contributed by atoms with E-state index < -0.39 is 11.4 Å². The van der Waals surface area contributed by atoms with E-state index in [2.05, 4.69) is 65.9 Å². The van der Waals surface area contributed by atoms with Crippen molar-refractivity contribution in [2.24, 2.45) is 17.8 Å². The molecule has 6 nitrogen and oxygen atoms in total. The van der Waals surface area contributed by atoms with Crippen LogP contribution in [-0.2, 0) is 20.1 Å². The highest BCUT2D eigenvalue weighted by Gasteiger charge is 2.60. The van der Waals surface area contributed by atoms with Crippen LogP contribution in [0.5, 0.6) is 0 Å². The topological polar surface area (TPSA) is 64.6 Å². The molecule has 4 aliphatic rings. The highest BCUT2D eigenvalue weighted by atomic mass is 35.5. The van der Waals surface area contributed by atoms with Crippen LogP contribution >= 0.6 is 11.6 Å². The molecule has 2 heterocycles. The van der Waals surface area contributed by atoms with Gasteiger partial charge < -0.3 is 15.4 Å². The minimum atomic E-state index is -0.647. The van der Waals surface area contributed by atoms with Crippen molar-refractivity contribution in [2.75, 3.05) is 18.4 Å². The fraction of sp³-hybridized carbons (Fsp3) is 0.500. The molecule has 1 spiro atoms. The third-order valence-corrected chi connectivity index (χ3v) is 10.1. The molecule has 4 atom stereocenters. The summed E-state index contributed by atoms with van der Waals surface area (Å²) in [5, 5.41) is 9.18. The second-order valence-electron chi connectivity index (χ2n) is 12.8. The van der Waals surface area contributed by atoms with E-state index >= 15 is 0 Å². The lowest BCUT2D eigenvalue weighted by molar-refractivity contribution is -0.530. The van der Waals surface area contributed by atoms with Gasteiger partial charge >= 0.3 is 0 Å². The molecule has 7 rings (SSSR count). The molecule has 3 aliphatic carbocycles. The van der Waals surface area contributed by atoms with Gasteiger partial charge in [0.1, 0.15) is 6.10 Å². The van der Waals surface area contributed by atoms with E-state index in [1.807, 2.05) is 30.5 Å². The summed E-state index contributed by atoms with van der Waals surface area (Å²) in [6, 6.07) is 18.9. The summed E-state index contributed by atoms with van der Waals surface area (Å²) in [6.07, 6.45) is 10.0. The summed E-state index contributed by atoms with van der Waals surface area (Å²) in [5.74, 6) is 1.02. The summed E-state index contributed by atoms with van der Waals surface area (Å²) in [4.78, 5) is 17.2. The van der Waals surface area contributed by atoms with Crippen molar-refractivity contribution in [3.05, 3.63) is 83.0 Å². The van der Waals surface area contributed by atoms with Crippen molar-refractivity contribution in [1.29, 1.82) is 0 Å².